The molecule has 0 saturated heterocycles. The van der Waals surface area contributed by atoms with Crippen LogP contribution >= 0.6 is 0 Å². The first kappa shape index (κ1) is 18.5. The van der Waals surface area contributed by atoms with Crippen molar-refractivity contribution < 1.29 is 9.53 Å². The van der Waals surface area contributed by atoms with Crippen molar-refractivity contribution in [2.24, 2.45) is 11.7 Å². The van der Waals surface area contributed by atoms with Gasteiger partial charge in [-0.3, -0.25) is 0 Å². The quantitative estimate of drug-likeness (QED) is 0.726. The van der Waals surface area contributed by atoms with Gasteiger partial charge in [0.25, 0.3) is 0 Å². The third kappa shape index (κ3) is 6.68. The van der Waals surface area contributed by atoms with Crippen LogP contribution in [0.25, 0.3) is 0 Å². The van der Waals surface area contributed by atoms with Crippen LogP contribution in [-0.2, 0) is 4.74 Å². The molecular weight excluding hydrogens is 290 g/mol. The van der Waals surface area contributed by atoms with Gasteiger partial charge in [-0.05, 0) is 58.8 Å². The van der Waals surface area contributed by atoms with E-state index in [1.165, 1.54) is 38.5 Å². The Labute approximate surface area is 141 Å². The first-order valence-electron chi connectivity index (χ1n) is 9.32. The van der Waals surface area contributed by atoms with Gasteiger partial charge in [0.1, 0.15) is 5.60 Å². The maximum atomic E-state index is 11.9. The normalized spacial score (nSPS) is 27.7. The van der Waals surface area contributed by atoms with E-state index in [1.54, 1.807) is 0 Å². The molecule has 0 heterocycles. The molecular formula is C18H35N3O2. The van der Waals surface area contributed by atoms with Crippen molar-refractivity contribution >= 4 is 6.09 Å². The van der Waals surface area contributed by atoms with E-state index in [0.717, 1.165) is 12.8 Å². The predicted molar refractivity (Wildman–Crippen MR) is 93.3 cm³/mol. The van der Waals surface area contributed by atoms with E-state index in [9.17, 15) is 4.79 Å². The summed E-state index contributed by atoms with van der Waals surface area (Å²) in [4.78, 5) is 11.9. The van der Waals surface area contributed by atoms with Crippen molar-refractivity contribution in [2.45, 2.75) is 95.9 Å². The monoisotopic (exact) mass is 325 g/mol. The lowest BCUT2D eigenvalue weighted by atomic mass is 9.89. The number of amides is 1. The number of ether oxygens (including phenoxy) is 1. The molecule has 2 aliphatic rings. The van der Waals surface area contributed by atoms with Crippen LogP contribution in [0, 0.1) is 5.92 Å². The molecule has 5 nitrogen and oxygen atoms in total. The van der Waals surface area contributed by atoms with Gasteiger partial charge < -0.3 is 21.1 Å². The smallest absolute Gasteiger partial charge is 0.407 e. The number of nitrogens with two attached hydrogens (primary N) is 1. The first-order chi connectivity index (χ1) is 10.8. The van der Waals surface area contributed by atoms with Crippen LogP contribution in [0.3, 0.4) is 0 Å². The van der Waals surface area contributed by atoms with Crippen molar-refractivity contribution in [2.75, 3.05) is 6.54 Å². The Bertz CT molecular complexity index is 375. The van der Waals surface area contributed by atoms with Gasteiger partial charge in [-0.2, -0.15) is 0 Å². The van der Waals surface area contributed by atoms with Crippen molar-refractivity contribution in [3.05, 3.63) is 0 Å². The average Bonchev–Trinajstić information content (AvgIpc) is 2.95. The summed E-state index contributed by atoms with van der Waals surface area (Å²) < 4.78 is 5.36. The number of carbonyl (C=O) groups is 1. The lowest BCUT2D eigenvalue weighted by molar-refractivity contribution is 0.0516. The van der Waals surface area contributed by atoms with E-state index in [-0.39, 0.29) is 6.09 Å². The van der Waals surface area contributed by atoms with Gasteiger partial charge in [-0.25, -0.2) is 4.79 Å². The zero-order chi connectivity index (χ0) is 16.9. The summed E-state index contributed by atoms with van der Waals surface area (Å²) in [7, 11) is 0. The second-order valence-corrected chi connectivity index (χ2v) is 8.32. The number of nitrogens with one attached hydrogen (secondary N) is 2. The molecule has 3 unspecified atom stereocenters. The van der Waals surface area contributed by atoms with Crippen molar-refractivity contribution in [3.8, 4) is 0 Å². The Balaban J connectivity index is 1.85. The zero-order valence-corrected chi connectivity index (χ0v) is 15.1. The summed E-state index contributed by atoms with van der Waals surface area (Å²) in [5.74, 6) is 0.656. The van der Waals surface area contributed by atoms with Crippen LogP contribution in [0.2, 0.25) is 0 Å². The molecule has 5 heteroatoms. The topological polar surface area (TPSA) is 76.4 Å². The number of rotatable bonds is 5. The molecule has 1 amide bonds. The van der Waals surface area contributed by atoms with Crippen LogP contribution in [0.1, 0.15) is 72.1 Å². The predicted octanol–water partition coefficient (Wildman–Crippen LogP) is 2.93. The molecule has 0 radical (unpaired) electrons. The minimum Gasteiger partial charge on any atom is -0.444 e. The molecule has 0 spiro atoms. The molecule has 23 heavy (non-hydrogen) atoms. The summed E-state index contributed by atoms with van der Waals surface area (Å²) in [5, 5.41) is 6.76. The van der Waals surface area contributed by atoms with E-state index >= 15 is 0 Å². The highest BCUT2D eigenvalue weighted by atomic mass is 16.6. The Morgan fingerprint density at radius 2 is 1.87 bits per heavy atom. The van der Waals surface area contributed by atoms with E-state index in [2.05, 4.69) is 10.6 Å². The number of alkyl carbamates (subject to hydrolysis) is 1. The van der Waals surface area contributed by atoms with Crippen LogP contribution in [-0.4, -0.2) is 36.4 Å². The van der Waals surface area contributed by atoms with Crippen LogP contribution in [0.5, 0.6) is 0 Å². The van der Waals surface area contributed by atoms with Gasteiger partial charge in [-0.15, -0.1) is 0 Å². The lowest BCUT2D eigenvalue weighted by Crippen LogP contribution is -2.51. The highest BCUT2D eigenvalue weighted by Crippen LogP contribution is 2.29. The molecule has 2 fully saturated rings. The fourth-order valence-corrected chi connectivity index (χ4v) is 3.91. The zero-order valence-electron chi connectivity index (χ0n) is 15.1. The van der Waals surface area contributed by atoms with Gasteiger partial charge in [0, 0.05) is 24.7 Å². The van der Waals surface area contributed by atoms with Crippen LogP contribution in [0.4, 0.5) is 4.79 Å². The highest BCUT2D eigenvalue weighted by molar-refractivity contribution is 5.67. The average molecular weight is 325 g/mol. The van der Waals surface area contributed by atoms with Gasteiger partial charge in [0.2, 0.25) is 0 Å². The van der Waals surface area contributed by atoms with Crippen LogP contribution in [0.15, 0.2) is 0 Å². The van der Waals surface area contributed by atoms with E-state index in [4.69, 9.17) is 10.5 Å². The number of hydrogen-bond acceptors (Lipinski definition) is 4. The summed E-state index contributed by atoms with van der Waals surface area (Å²) >= 11 is 0. The SMILES string of the molecule is CC(C)(C)OC(=O)NCC(NC1CCCC(N)C1)C1CCCC1. The molecule has 0 aromatic heterocycles. The summed E-state index contributed by atoms with van der Waals surface area (Å²) in [6.07, 6.45) is 9.40. The van der Waals surface area contributed by atoms with Crippen molar-refractivity contribution in [1.29, 1.82) is 0 Å². The Hall–Kier alpha value is -0.810. The third-order valence-corrected chi connectivity index (χ3v) is 5.00. The molecule has 4 N–H and O–H groups in total. The van der Waals surface area contributed by atoms with Gasteiger partial charge >= 0.3 is 6.09 Å². The summed E-state index contributed by atoms with van der Waals surface area (Å²) in [6.45, 7) is 6.32. The Morgan fingerprint density at radius 1 is 1.17 bits per heavy atom. The molecule has 2 aliphatic carbocycles. The minimum atomic E-state index is -0.448. The summed E-state index contributed by atoms with van der Waals surface area (Å²) in [6, 6.07) is 1.15. The molecule has 134 valence electrons. The molecule has 0 aromatic rings. The van der Waals surface area contributed by atoms with E-state index < -0.39 is 5.60 Å². The van der Waals surface area contributed by atoms with Crippen LogP contribution < -0.4 is 16.4 Å². The first-order valence-corrected chi connectivity index (χ1v) is 9.32. The lowest BCUT2D eigenvalue weighted by Gasteiger charge is -2.34. The fourth-order valence-electron chi connectivity index (χ4n) is 3.91. The van der Waals surface area contributed by atoms with Gasteiger partial charge in [0.15, 0.2) is 0 Å². The highest BCUT2D eigenvalue weighted by Gasteiger charge is 2.29. The molecule has 2 saturated carbocycles. The second kappa shape index (κ2) is 8.34. The van der Waals surface area contributed by atoms with Gasteiger partial charge in [-0.1, -0.05) is 19.3 Å². The molecule has 2 rings (SSSR count). The Kier molecular flexibility index (Phi) is 6.72. The standard InChI is InChI=1S/C18H35N3O2/c1-18(2,3)23-17(22)20-12-16(13-7-4-5-8-13)21-15-10-6-9-14(19)11-15/h13-16,21H,4-12,19H2,1-3H3,(H,20,22). The van der Waals surface area contributed by atoms with Crippen molar-refractivity contribution in [1.82, 2.24) is 10.6 Å². The number of carbonyl (C=O) groups excluding carboxylic acids is 1. The van der Waals surface area contributed by atoms with E-state index in [1.807, 2.05) is 20.8 Å². The molecule has 0 aromatic carbocycles. The maximum absolute atomic E-state index is 11.9. The van der Waals surface area contributed by atoms with Gasteiger partial charge in [0.05, 0.1) is 0 Å². The fraction of sp³-hybridized carbons (Fsp3) is 0.944. The van der Waals surface area contributed by atoms with Crippen molar-refractivity contribution in [3.63, 3.8) is 0 Å². The largest absolute Gasteiger partial charge is 0.444 e. The maximum Gasteiger partial charge on any atom is 0.407 e. The third-order valence-electron chi connectivity index (χ3n) is 5.00. The Morgan fingerprint density at radius 3 is 2.48 bits per heavy atom. The summed E-state index contributed by atoms with van der Waals surface area (Å²) in [5.41, 5.74) is 5.67. The number of hydrogen-bond donors (Lipinski definition) is 3. The molecule has 0 aliphatic heterocycles. The molecule has 3 atom stereocenters. The minimum absolute atomic E-state index is 0.317. The molecule has 0 bridgehead atoms. The second-order valence-electron chi connectivity index (χ2n) is 8.32. The van der Waals surface area contributed by atoms with E-state index in [0.29, 0.717) is 30.6 Å².